The summed E-state index contributed by atoms with van der Waals surface area (Å²) in [5.41, 5.74) is 7.43. The van der Waals surface area contributed by atoms with E-state index in [1.54, 1.807) is 0 Å². The van der Waals surface area contributed by atoms with Crippen molar-refractivity contribution in [1.82, 2.24) is 4.57 Å². The summed E-state index contributed by atoms with van der Waals surface area (Å²) < 4.78 is 7.89. The fraction of sp³-hybridized carbons (Fsp3) is 0. The van der Waals surface area contributed by atoms with Crippen LogP contribution in [0.1, 0.15) is 0 Å². The summed E-state index contributed by atoms with van der Waals surface area (Å²) in [6.07, 6.45) is 0. The number of rotatable bonds is 1. The molecule has 0 fully saturated rings. The highest BCUT2D eigenvalue weighted by atomic mass is 32.1. The lowest BCUT2D eigenvalue weighted by molar-refractivity contribution is 1.12. The average molecular weight is 545 g/mol. The maximum Gasteiger partial charge on any atom is 0.0783 e. The Hall–Kier alpha value is -4.64. The minimum absolute atomic E-state index is 1.19. The van der Waals surface area contributed by atoms with E-state index in [1.807, 2.05) is 22.7 Å². The molecule has 3 aromatic heterocycles. The normalized spacial score (nSPS) is 12.9. The second kappa shape index (κ2) is 7.51. The van der Waals surface area contributed by atoms with Gasteiger partial charge in [-0.25, -0.2) is 0 Å². The second-order valence-corrected chi connectivity index (χ2v) is 12.7. The van der Waals surface area contributed by atoms with Crippen molar-refractivity contribution in [3.63, 3.8) is 0 Å². The first-order valence-corrected chi connectivity index (χ1v) is 15.2. The Kier molecular flexibility index (Phi) is 3.98. The molecule has 0 saturated carbocycles. The summed E-state index contributed by atoms with van der Waals surface area (Å²) in [6, 6.07) is 44.8. The van der Waals surface area contributed by atoms with Crippen molar-refractivity contribution in [1.29, 1.82) is 0 Å². The molecule has 40 heavy (non-hydrogen) atoms. The monoisotopic (exact) mass is 544 g/mol. The van der Waals surface area contributed by atoms with Gasteiger partial charge in [0.2, 0.25) is 0 Å². The van der Waals surface area contributed by atoms with Gasteiger partial charge in [-0.2, -0.15) is 0 Å². The molecule has 10 rings (SSSR count). The lowest BCUT2D eigenvalue weighted by atomic mass is 10.1. The van der Waals surface area contributed by atoms with Crippen molar-refractivity contribution in [3.8, 4) is 5.69 Å². The fourth-order valence-corrected chi connectivity index (χ4v) is 9.16. The average Bonchev–Trinajstić information content (AvgIpc) is 3.67. The Balaban J connectivity index is 1.35. The molecule has 0 radical (unpaired) electrons. The van der Waals surface area contributed by atoms with Crippen molar-refractivity contribution in [3.05, 3.63) is 121 Å². The van der Waals surface area contributed by atoms with Gasteiger partial charge in [0, 0.05) is 52.1 Å². The molecule has 186 valence electrons. The largest absolute Gasteiger partial charge is 0.306 e. The molecule has 1 aliphatic rings. The molecule has 0 bridgehead atoms. The lowest BCUT2D eigenvalue weighted by Crippen LogP contribution is -2.17. The van der Waals surface area contributed by atoms with Gasteiger partial charge in [0.15, 0.2) is 0 Å². The summed E-state index contributed by atoms with van der Waals surface area (Å²) in [7, 11) is 0. The van der Waals surface area contributed by atoms with Gasteiger partial charge >= 0.3 is 0 Å². The van der Waals surface area contributed by atoms with Crippen LogP contribution in [-0.2, 0) is 0 Å². The number of benzene rings is 6. The van der Waals surface area contributed by atoms with Crippen molar-refractivity contribution in [2.75, 3.05) is 4.90 Å². The molecule has 9 aromatic rings. The number of fused-ring (bicyclic) bond motifs is 12. The van der Waals surface area contributed by atoms with Gasteiger partial charge in [0.1, 0.15) is 0 Å². The van der Waals surface area contributed by atoms with Gasteiger partial charge in [0.25, 0.3) is 0 Å². The Morgan fingerprint density at radius 3 is 1.90 bits per heavy atom. The van der Waals surface area contributed by atoms with Crippen LogP contribution in [0, 0.1) is 0 Å². The molecule has 0 N–H and O–H groups in total. The minimum Gasteiger partial charge on any atom is -0.306 e. The summed E-state index contributed by atoms with van der Waals surface area (Å²) in [5, 5.41) is 7.93. The van der Waals surface area contributed by atoms with E-state index in [9.17, 15) is 0 Å². The van der Waals surface area contributed by atoms with E-state index in [2.05, 4.69) is 131 Å². The third-order valence-corrected chi connectivity index (χ3v) is 10.8. The predicted molar refractivity (Wildman–Crippen MR) is 175 cm³/mol. The first-order chi connectivity index (χ1) is 19.8. The van der Waals surface area contributed by atoms with E-state index in [1.165, 1.54) is 84.9 Å². The van der Waals surface area contributed by atoms with Crippen molar-refractivity contribution >= 4 is 102 Å². The zero-order valence-corrected chi connectivity index (χ0v) is 22.9. The molecule has 1 aliphatic heterocycles. The second-order valence-electron chi connectivity index (χ2n) is 10.5. The van der Waals surface area contributed by atoms with Gasteiger partial charge in [0.05, 0.1) is 32.8 Å². The van der Waals surface area contributed by atoms with Crippen LogP contribution in [0.25, 0.3) is 67.8 Å². The third-order valence-electron chi connectivity index (χ3n) is 8.50. The summed E-state index contributed by atoms with van der Waals surface area (Å²) >= 11 is 3.78. The molecule has 0 spiro atoms. The molecular weight excluding hydrogens is 525 g/mol. The van der Waals surface area contributed by atoms with E-state index in [4.69, 9.17) is 0 Å². The standard InChI is InChI=1S/C36H20N2S2/c1-6-15-32-22(8-1)26-18-17-25-24-10-7-13-30-34(24)38(35(25)36(26)40-32)29-12-4-3-11-28(29)37(30)21-16-19-33-27(20-21)23-9-2-5-14-31(23)39-33/h1-20H. The van der Waals surface area contributed by atoms with Crippen LogP contribution in [0.5, 0.6) is 0 Å². The smallest absolute Gasteiger partial charge is 0.0783 e. The van der Waals surface area contributed by atoms with Crippen molar-refractivity contribution in [2.24, 2.45) is 0 Å². The van der Waals surface area contributed by atoms with Crippen LogP contribution in [0.3, 0.4) is 0 Å². The molecule has 0 unspecified atom stereocenters. The molecule has 2 nitrogen and oxygen atoms in total. The topological polar surface area (TPSA) is 8.17 Å². The van der Waals surface area contributed by atoms with E-state index < -0.39 is 0 Å². The number of para-hydroxylation sites is 3. The molecular formula is C36H20N2S2. The number of hydrogen-bond donors (Lipinski definition) is 0. The number of thiophene rings is 2. The molecule has 0 atom stereocenters. The zero-order chi connectivity index (χ0) is 25.9. The maximum absolute atomic E-state index is 2.53. The van der Waals surface area contributed by atoms with Gasteiger partial charge < -0.3 is 9.47 Å². The summed E-state index contributed by atoms with van der Waals surface area (Å²) in [4.78, 5) is 2.46. The third kappa shape index (κ3) is 2.58. The van der Waals surface area contributed by atoms with Crippen LogP contribution in [0.2, 0.25) is 0 Å². The van der Waals surface area contributed by atoms with Crippen LogP contribution >= 0.6 is 22.7 Å². The highest BCUT2D eigenvalue weighted by Gasteiger charge is 2.29. The van der Waals surface area contributed by atoms with Gasteiger partial charge in [-0.1, -0.05) is 72.8 Å². The predicted octanol–water partition coefficient (Wildman–Crippen LogP) is 11.3. The number of aromatic nitrogens is 1. The molecule has 4 heteroatoms. The number of anilines is 3. The Morgan fingerprint density at radius 1 is 0.400 bits per heavy atom. The molecule has 6 aromatic carbocycles. The van der Waals surface area contributed by atoms with Crippen LogP contribution in [0.4, 0.5) is 17.1 Å². The molecule has 0 aliphatic carbocycles. The number of hydrogen-bond acceptors (Lipinski definition) is 3. The molecule has 0 saturated heterocycles. The lowest BCUT2D eigenvalue weighted by Gasteiger charge is -2.33. The van der Waals surface area contributed by atoms with Crippen molar-refractivity contribution in [2.45, 2.75) is 0 Å². The van der Waals surface area contributed by atoms with E-state index in [0.717, 1.165) is 0 Å². The number of nitrogens with zero attached hydrogens (tertiary/aromatic N) is 2. The first-order valence-electron chi connectivity index (χ1n) is 13.5. The fourth-order valence-electron chi connectivity index (χ4n) is 6.83. The van der Waals surface area contributed by atoms with Gasteiger partial charge in [-0.3, -0.25) is 0 Å². The van der Waals surface area contributed by atoms with Crippen LogP contribution < -0.4 is 4.90 Å². The highest BCUT2D eigenvalue weighted by Crippen LogP contribution is 2.52. The van der Waals surface area contributed by atoms with E-state index >= 15 is 0 Å². The Labute approximate surface area is 237 Å². The summed E-state index contributed by atoms with van der Waals surface area (Å²) in [6.45, 7) is 0. The Morgan fingerprint density at radius 2 is 1.02 bits per heavy atom. The first kappa shape index (κ1) is 21.2. The Bertz CT molecular complexity index is 2510. The zero-order valence-electron chi connectivity index (χ0n) is 21.3. The molecule has 0 amide bonds. The minimum atomic E-state index is 1.19. The SMILES string of the molecule is c1ccc2c(c1)N(c1ccc3sc4ccccc4c3c1)c1cccc3c4ccc5c6ccccc6sc5c4n-2c13. The summed E-state index contributed by atoms with van der Waals surface area (Å²) in [5.74, 6) is 0. The van der Waals surface area contributed by atoms with Crippen molar-refractivity contribution < 1.29 is 0 Å². The van der Waals surface area contributed by atoms with Gasteiger partial charge in [-0.15, -0.1) is 22.7 Å². The highest BCUT2D eigenvalue weighted by molar-refractivity contribution is 7.26. The maximum atomic E-state index is 2.53. The molecule has 4 heterocycles. The van der Waals surface area contributed by atoms with Gasteiger partial charge in [-0.05, 0) is 48.5 Å². The quantitative estimate of drug-likeness (QED) is 0.199. The van der Waals surface area contributed by atoms with Crippen LogP contribution in [-0.4, -0.2) is 4.57 Å². The van der Waals surface area contributed by atoms with Crippen LogP contribution in [0.15, 0.2) is 121 Å². The van der Waals surface area contributed by atoms with E-state index in [-0.39, 0.29) is 0 Å². The van der Waals surface area contributed by atoms with E-state index in [0.29, 0.717) is 0 Å².